The fraction of sp³-hybridized carbons (Fsp3) is 0.538. The van der Waals surface area contributed by atoms with Crippen LogP contribution in [0.4, 0.5) is 5.69 Å². The van der Waals surface area contributed by atoms with E-state index in [-0.39, 0.29) is 0 Å². The Morgan fingerprint density at radius 2 is 1.93 bits per heavy atom. The van der Waals surface area contributed by atoms with E-state index in [1.807, 2.05) is 0 Å². The molecule has 1 saturated carbocycles. The van der Waals surface area contributed by atoms with Gasteiger partial charge in [-0.25, -0.2) is 0 Å². The monoisotopic (exact) mass is 187 g/mol. The lowest BCUT2D eigenvalue weighted by Gasteiger charge is -2.37. The molecule has 0 amide bonds. The molecule has 3 rings (SSSR count). The highest BCUT2D eigenvalue weighted by Gasteiger charge is 2.31. The van der Waals surface area contributed by atoms with E-state index in [1.54, 1.807) is 5.56 Å². The summed E-state index contributed by atoms with van der Waals surface area (Å²) >= 11 is 0. The average molecular weight is 187 g/mol. The van der Waals surface area contributed by atoms with Gasteiger partial charge in [-0.1, -0.05) is 24.6 Å². The fourth-order valence-corrected chi connectivity index (χ4v) is 2.83. The summed E-state index contributed by atoms with van der Waals surface area (Å²) in [4.78, 5) is 0. The van der Waals surface area contributed by atoms with Crippen molar-refractivity contribution in [1.29, 1.82) is 0 Å². The molecule has 0 aromatic heterocycles. The Morgan fingerprint density at radius 1 is 1.07 bits per heavy atom. The quantitative estimate of drug-likeness (QED) is 0.710. The molecule has 2 aliphatic rings. The molecule has 1 aromatic rings. The van der Waals surface area contributed by atoms with E-state index in [1.165, 1.54) is 31.4 Å². The molecule has 74 valence electrons. The number of hydrogen-bond donors (Lipinski definition) is 1. The summed E-state index contributed by atoms with van der Waals surface area (Å²) in [5.41, 5.74) is 2.96. The zero-order valence-electron chi connectivity index (χ0n) is 8.50. The summed E-state index contributed by atoms with van der Waals surface area (Å²) in [5, 5.41) is 3.50. The Balaban J connectivity index is 1.93. The van der Waals surface area contributed by atoms with Gasteiger partial charge in [0, 0.05) is 12.2 Å². The van der Waals surface area contributed by atoms with Gasteiger partial charge in [0.2, 0.25) is 0 Å². The molecule has 1 aliphatic heterocycles. The number of anilines is 1. The topological polar surface area (TPSA) is 12.0 Å². The molecule has 0 saturated heterocycles. The van der Waals surface area contributed by atoms with Gasteiger partial charge in [0.05, 0.1) is 0 Å². The Morgan fingerprint density at radius 3 is 2.71 bits per heavy atom. The van der Waals surface area contributed by atoms with Crippen molar-refractivity contribution in [2.24, 2.45) is 5.92 Å². The molecular weight excluding hydrogens is 170 g/mol. The van der Waals surface area contributed by atoms with Crippen molar-refractivity contribution >= 4 is 5.69 Å². The number of para-hydroxylation sites is 1. The SMILES string of the molecule is c1ccc2c(c1)NCC[C@@H]2C1CCC1. The van der Waals surface area contributed by atoms with Gasteiger partial charge in [-0.15, -0.1) is 0 Å². The molecule has 1 heteroatoms. The van der Waals surface area contributed by atoms with Gasteiger partial charge in [-0.2, -0.15) is 0 Å². The molecule has 1 nitrogen and oxygen atoms in total. The van der Waals surface area contributed by atoms with Gasteiger partial charge in [0.1, 0.15) is 0 Å². The van der Waals surface area contributed by atoms with Crippen molar-refractivity contribution < 1.29 is 0 Å². The average Bonchev–Trinajstić information content (AvgIpc) is 2.16. The number of hydrogen-bond acceptors (Lipinski definition) is 1. The summed E-state index contributed by atoms with van der Waals surface area (Å²) in [5.74, 6) is 1.83. The highest BCUT2D eigenvalue weighted by atomic mass is 14.9. The minimum Gasteiger partial charge on any atom is -0.385 e. The van der Waals surface area contributed by atoms with E-state index in [0.29, 0.717) is 0 Å². The maximum Gasteiger partial charge on any atom is 0.0375 e. The highest BCUT2D eigenvalue weighted by Crippen LogP contribution is 2.44. The van der Waals surface area contributed by atoms with E-state index in [4.69, 9.17) is 0 Å². The van der Waals surface area contributed by atoms with Gasteiger partial charge in [-0.05, 0) is 42.7 Å². The first-order valence-electron chi connectivity index (χ1n) is 5.78. The van der Waals surface area contributed by atoms with Gasteiger partial charge in [-0.3, -0.25) is 0 Å². The lowest BCUT2D eigenvalue weighted by Crippen LogP contribution is -2.26. The first-order valence-corrected chi connectivity index (χ1v) is 5.78. The second-order valence-corrected chi connectivity index (χ2v) is 4.60. The van der Waals surface area contributed by atoms with Crippen LogP contribution in [0.15, 0.2) is 24.3 Å². The molecule has 1 aromatic carbocycles. The molecule has 0 bridgehead atoms. The van der Waals surface area contributed by atoms with E-state index in [0.717, 1.165) is 18.4 Å². The van der Waals surface area contributed by atoms with Crippen molar-refractivity contribution in [3.8, 4) is 0 Å². The maximum atomic E-state index is 3.50. The second kappa shape index (κ2) is 3.30. The van der Waals surface area contributed by atoms with Crippen LogP contribution in [0, 0.1) is 5.92 Å². The first-order chi connectivity index (χ1) is 6.95. The first kappa shape index (κ1) is 8.34. The minimum absolute atomic E-state index is 0.848. The fourth-order valence-electron chi connectivity index (χ4n) is 2.83. The lowest BCUT2D eigenvalue weighted by molar-refractivity contribution is 0.252. The number of fused-ring (bicyclic) bond motifs is 1. The van der Waals surface area contributed by atoms with E-state index in [2.05, 4.69) is 29.6 Å². The highest BCUT2D eigenvalue weighted by molar-refractivity contribution is 5.54. The van der Waals surface area contributed by atoms with Gasteiger partial charge in [0.25, 0.3) is 0 Å². The Bertz CT molecular complexity index is 328. The maximum absolute atomic E-state index is 3.50. The van der Waals surface area contributed by atoms with Crippen molar-refractivity contribution in [3.05, 3.63) is 29.8 Å². The molecule has 1 atom stereocenters. The van der Waals surface area contributed by atoms with Crippen LogP contribution in [0.2, 0.25) is 0 Å². The van der Waals surface area contributed by atoms with Crippen LogP contribution in [0.1, 0.15) is 37.2 Å². The summed E-state index contributed by atoms with van der Waals surface area (Å²) < 4.78 is 0. The second-order valence-electron chi connectivity index (χ2n) is 4.60. The molecule has 0 radical (unpaired) electrons. The number of nitrogens with one attached hydrogen (secondary N) is 1. The van der Waals surface area contributed by atoms with Gasteiger partial charge < -0.3 is 5.32 Å². The van der Waals surface area contributed by atoms with Crippen LogP contribution in [-0.2, 0) is 0 Å². The molecule has 0 unspecified atom stereocenters. The van der Waals surface area contributed by atoms with Gasteiger partial charge >= 0.3 is 0 Å². The lowest BCUT2D eigenvalue weighted by atomic mass is 9.70. The molecular formula is C13H17N. The standard InChI is InChI=1S/C13H17N/c1-2-7-13-12(6-1)11(8-9-14-13)10-4-3-5-10/h1-2,6-7,10-11,14H,3-5,8-9H2/t11-/m1/s1. The third-order valence-corrected chi connectivity index (χ3v) is 3.85. The largest absolute Gasteiger partial charge is 0.385 e. The normalized spacial score (nSPS) is 26.1. The van der Waals surface area contributed by atoms with Crippen molar-refractivity contribution in [3.63, 3.8) is 0 Å². The van der Waals surface area contributed by atoms with E-state index in [9.17, 15) is 0 Å². The predicted molar refractivity (Wildman–Crippen MR) is 59.6 cm³/mol. The number of rotatable bonds is 1. The zero-order valence-corrected chi connectivity index (χ0v) is 8.50. The molecule has 0 spiro atoms. The summed E-state index contributed by atoms with van der Waals surface area (Å²) in [6.45, 7) is 1.16. The van der Waals surface area contributed by atoms with Gasteiger partial charge in [0.15, 0.2) is 0 Å². The minimum atomic E-state index is 0.848. The Kier molecular flexibility index (Phi) is 1.97. The van der Waals surface area contributed by atoms with Crippen LogP contribution >= 0.6 is 0 Å². The number of benzene rings is 1. The predicted octanol–water partition coefficient (Wildman–Crippen LogP) is 3.39. The van der Waals surface area contributed by atoms with Crippen LogP contribution in [0.3, 0.4) is 0 Å². The smallest absolute Gasteiger partial charge is 0.0375 e. The summed E-state index contributed by atoms with van der Waals surface area (Å²) in [6, 6.07) is 8.84. The van der Waals surface area contributed by atoms with E-state index >= 15 is 0 Å². The molecule has 1 fully saturated rings. The molecule has 1 N–H and O–H groups in total. The third kappa shape index (κ3) is 1.23. The van der Waals surface area contributed by atoms with Crippen LogP contribution < -0.4 is 5.32 Å². The van der Waals surface area contributed by atoms with Crippen LogP contribution in [-0.4, -0.2) is 6.54 Å². The molecule has 1 aliphatic carbocycles. The molecule has 14 heavy (non-hydrogen) atoms. The van der Waals surface area contributed by atoms with Crippen molar-refractivity contribution in [2.75, 3.05) is 11.9 Å². The van der Waals surface area contributed by atoms with Crippen LogP contribution in [0.25, 0.3) is 0 Å². The van der Waals surface area contributed by atoms with Crippen molar-refractivity contribution in [2.45, 2.75) is 31.6 Å². The Hall–Kier alpha value is -0.980. The van der Waals surface area contributed by atoms with Crippen LogP contribution in [0.5, 0.6) is 0 Å². The van der Waals surface area contributed by atoms with Crippen molar-refractivity contribution in [1.82, 2.24) is 0 Å². The third-order valence-electron chi connectivity index (χ3n) is 3.85. The van der Waals surface area contributed by atoms with E-state index < -0.39 is 0 Å². The molecule has 1 heterocycles. The summed E-state index contributed by atoms with van der Waals surface area (Å²) in [7, 11) is 0. The Labute approximate surface area is 85.5 Å². The zero-order chi connectivity index (χ0) is 9.38. The summed E-state index contributed by atoms with van der Waals surface area (Å²) in [6.07, 6.45) is 5.70.